The molecule has 1 aliphatic rings. The fourth-order valence-corrected chi connectivity index (χ4v) is 3.36. The molecule has 3 N–H and O–H groups in total. The van der Waals surface area contributed by atoms with Crippen LogP contribution >= 0.6 is 35.6 Å². The molecule has 1 saturated heterocycles. The summed E-state index contributed by atoms with van der Waals surface area (Å²) in [7, 11) is 1.84. The summed E-state index contributed by atoms with van der Waals surface area (Å²) in [5.74, 6) is -0.751. The molecule has 10 heteroatoms. The molecule has 2 amide bonds. The van der Waals surface area contributed by atoms with Crippen LogP contribution in [0.5, 0.6) is 0 Å². The number of halogens is 3. The van der Waals surface area contributed by atoms with Gasteiger partial charge in [-0.2, -0.15) is 5.10 Å². The Morgan fingerprint density at radius 1 is 1.33 bits per heavy atom. The number of amides is 2. The zero-order valence-corrected chi connectivity index (χ0v) is 16.9. The molecule has 3 rings (SSSR count). The van der Waals surface area contributed by atoms with Gasteiger partial charge >= 0.3 is 0 Å². The van der Waals surface area contributed by atoms with E-state index in [9.17, 15) is 9.59 Å². The highest BCUT2D eigenvalue weighted by atomic mass is 35.5. The van der Waals surface area contributed by atoms with E-state index in [2.05, 4.69) is 21.0 Å². The van der Waals surface area contributed by atoms with Gasteiger partial charge in [-0.05, 0) is 23.8 Å². The van der Waals surface area contributed by atoms with Crippen molar-refractivity contribution in [3.63, 3.8) is 0 Å². The van der Waals surface area contributed by atoms with Gasteiger partial charge in [-0.1, -0.05) is 23.2 Å². The van der Waals surface area contributed by atoms with E-state index in [1.54, 1.807) is 29.1 Å². The minimum Gasteiger partial charge on any atom is -0.347 e. The monoisotopic (exact) mass is 431 g/mol. The first-order valence-electron chi connectivity index (χ1n) is 8.16. The van der Waals surface area contributed by atoms with Crippen molar-refractivity contribution in [1.82, 2.24) is 20.4 Å². The van der Waals surface area contributed by atoms with Crippen LogP contribution in [0.25, 0.3) is 0 Å². The molecule has 0 aliphatic carbocycles. The van der Waals surface area contributed by atoms with Gasteiger partial charge in [0, 0.05) is 37.3 Å². The van der Waals surface area contributed by atoms with Gasteiger partial charge in [-0.15, -0.1) is 12.4 Å². The average Bonchev–Trinajstić information content (AvgIpc) is 3.24. The first-order chi connectivity index (χ1) is 12.4. The minimum atomic E-state index is -0.369. The van der Waals surface area contributed by atoms with E-state index < -0.39 is 0 Å². The number of carbonyl (C=O) groups excluding carboxylic acids is 2. The zero-order valence-electron chi connectivity index (χ0n) is 14.5. The second-order valence-electron chi connectivity index (χ2n) is 6.21. The maximum atomic E-state index is 12.5. The minimum absolute atomic E-state index is 0. The van der Waals surface area contributed by atoms with Gasteiger partial charge in [-0.3, -0.25) is 14.3 Å². The van der Waals surface area contributed by atoms with E-state index in [0.717, 1.165) is 5.56 Å². The molecular weight excluding hydrogens is 413 g/mol. The summed E-state index contributed by atoms with van der Waals surface area (Å²) in [6.45, 7) is 1.12. The Hall–Kier alpha value is -1.80. The highest BCUT2D eigenvalue weighted by Crippen LogP contribution is 2.28. The van der Waals surface area contributed by atoms with Crippen LogP contribution in [0.15, 0.2) is 30.6 Å². The van der Waals surface area contributed by atoms with Gasteiger partial charge < -0.3 is 16.0 Å². The molecule has 0 bridgehead atoms. The average molecular weight is 433 g/mol. The molecule has 2 atom stereocenters. The van der Waals surface area contributed by atoms with Crippen LogP contribution < -0.4 is 16.0 Å². The van der Waals surface area contributed by atoms with Crippen LogP contribution in [0, 0.1) is 5.92 Å². The molecule has 2 heterocycles. The van der Waals surface area contributed by atoms with E-state index in [1.165, 1.54) is 0 Å². The van der Waals surface area contributed by atoms with Crippen LogP contribution in [0.2, 0.25) is 10.0 Å². The number of nitrogens with one attached hydrogen (secondary N) is 3. The van der Waals surface area contributed by atoms with Gasteiger partial charge in [-0.25, -0.2) is 0 Å². The van der Waals surface area contributed by atoms with Gasteiger partial charge in [0.1, 0.15) is 0 Å². The second kappa shape index (κ2) is 9.41. The number of rotatable bonds is 5. The van der Waals surface area contributed by atoms with Crippen molar-refractivity contribution in [3.05, 3.63) is 46.2 Å². The lowest BCUT2D eigenvalue weighted by Gasteiger charge is -2.17. The molecule has 0 spiro atoms. The van der Waals surface area contributed by atoms with Crippen LogP contribution in [-0.4, -0.2) is 41.2 Å². The highest BCUT2D eigenvalue weighted by Gasteiger charge is 2.34. The van der Waals surface area contributed by atoms with Crippen LogP contribution in [0.1, 0.15) is 11.5 Å². The van der Waals surface area contributed by atoms with Crippen molar-refractivity contribution < 1.29 is 9.59 Å². The first kappa shape index (κ1) is 21.5. The van der Waals surface area contributed by atoms with Crippen molar-refractivity contribution in [3.8, 4) is 0 Å². The molecule has 1 aromatic carbocycles. The summed E-state index contributed by atoms with van der Waals surface area (Å²) in [6.07, 6.45) is 3.68. The third-order valence-electron chi connectivity index (χ3n) is 4.33. The molecule has 0 radical (unpaired) electrons. The van der Waals surface area contributed by atoms with Gasteiger partial charge in [0.05, 0.1) is 29.4 Å². The molecular formula is C17H20Cl3N5O2. The van der Waals surface area contributed by atoms with Gasteiger partial charge in [0.15, 0.2) is 0 Å². The summed E-state index contributed by atoms with van der Waals surface area (Å²) in [6, 6.07) is 4.79. The summed E-state index contributed by atoms with van der Waals surface area (Å²) in [5, 5.41) is 13.6. The lowest BCUT2D eigenvalue weighted by molar-refractivity contribution is -0.127. The van der Waals surface area contributed by atoms with E-state index in [0.29, 0.717) is 28.8 Å². The highest BCUT2D eigenvalue weighted by molar-refractivity contribution is 6.35. The number of carbonyl (C=O) groups is 2. The Balaban J connectivity index is 0.00000261. The number of hydrogen-bond acceptors (Lipinski definition) is 4. The van der Waals surface area contributed by atoms with Crippen LogP contribution in [-0.2, 0) is 16.6 Å². The maximum Gasteiger partial charge on any atom is 0.243 e. The molecule has 146 valence electrons. The normalized spacial score (nSPS) is 18.6. The Kier molecular flexibility index (Phi) is 7.49. The Morgan fingerprint density at radius 2 is 2.11 bits per heavy atom. The summed E-state index contributed by atoms with van der Waals surface area (Å²) >= 11 is 11.9. The van der Waals surface area contributed by atoms with Crippen molar-refractivity contribution in [2.24, 2.45) is 13.0 Å². The number of anilines is 1. The number of benzene rings is 1. The molecule has 7 nitrogen and oxygen atoms in total. The van der Waals surface area contributed by atoms with Crippen LogP contribution in [0.3, 0.4) is 0 Å². The fraction of sp³-hybridized carbons (Fsp3) is 0.353. The molecule has 1 aliphatic heterocycles. The molecule has 0 unspecified atom stereocenters. The largest absolute Gasteiger partial charge is 0.347 e. The quantitative estimate of drug-likeness (QED) is 0.676. The number of hydrogen-bond donors (Lipinski definition) is 3. The fourth-order valence-electron chi connectivity index (χ4n) is 3.02. The molecule has 1 aromatic heterocycles. The standard InChI is InChI=1S/C17H19Cl2N5O2.ClH/c1-24-9-10(5-22-24)12-6-20-7-13(12)17(26)21-8-16(25)23-15-4-11(18)2-3-14(15)19;/h2-5,9,12-13,20H,6-8H2,1H3,(H,21,26)(H,23,25);1H/t12-,13+;/m1./s1. The lowest BCUT2D eigenvalue weighted by Crippen LogP contribution is -2.39. The summed E-state index contributed by atoms with van der Waals surface area (Å²) in [4.78, 5) is 24.6. The van der Waals surface area contributed by atoms with Crippen LogP contribution in [0.4, 0.5) is 5.69 Å². The number of aromatic nitrogens is 2. The Bertz CT molecular complexity index is 827. The molecule has 1 fully saturated rings. The Morgan fingerprint density at radius 3 is 2.81 bits per heavy atom. The Labute approximate surface area is 173 Å². The predicted molar refractivity (Wildman–Crippen MR) is 108 cm³/mol. The lowest BCUT2D eigenvalue weighted by atomic mass is 9.90. The summed E-state index contributed by atoms with van der Waals surface area (Å²) in [5.41, 5.74) is 1.42. The predicted octanol–water partition coefficient (Wildman–Crippen LogP) is 2.21. The van der Waals surface area contributed by atoms with Crippen molar-refractivity contribution in [2.45, 2.75) is 5.92 Å². The van der Waals surface area contributed by atoms with E-state index in [1.807, 2.05) is 13.2 Å². The smallest absolute Gasteiger partial charge is 0.243 e. The topological polar surface area (TPSA) is 88.0 Å². The third-order valence-corrected chi connectivity index (χ3v) is 4.89. The zero-order chi connectivity index (χ0) is 18.7. The third kappa shape index (κ3) is 5.35. The SMILES string of the molecule is Cl.Cn1cc([C@H]2CNC[C@@H]2C(=O)NCC(=O)Nc2cc(Cl)ccc2Cl)cn1. The molecule has 0 saturated carbocycles. The van der Waals surface area contributed by atoms with Crippen molar-refractivity contribution in [1.29, 1.82) is 0 Å². The van der Waals surface area contributed by atoms with E-state index in [-0.39, 0.29) is 42.6 Å². The van der Waals surface area contributed by atoms with Gasteiger partial charge in [0.25, 0.3) is 0 Å². The molecule has 27 heavy (non-hydrogen) atoms. The van der Waals surface area contributed by atoms with Gasteiger partial charge in [0.2, 0.25) is 11.8 Å². The van der Waals surface area contributed by atoms with E-state index >= 15 is 0 Å². The first-order valence-corrected chi connectivity index (χ1v) is 8.91. The summed E-state index contributed by atoms with van der Waals surface area (Å²) < 4.78 is 1.71. The van der Waals surface area contributed by atoms with E-state index in [4.69, 9.17) is 23.2 Å². The van der Waals surface area contributed by atoms with Crippen molar-refractivity contribution >= 4 is 53.1 Å². The maximum absolute atomic E-state index is 12.5. The molecule has 2 aromatic rings. The second-order valence-corrected chi connectivity index (χ2v) is 7.05. The number of nitrogens with zero attached hydrogens (tertiary/aromatic N) is 2. The number of aryl methyl sites for hydroxylation is 1. The van der Waals surface area contributed by atoms with Crippen molar-refractivity contribution in [2.75, 3.05) is 25.0 Å².